The van der Waals surface area contributed by atoms with Crippen LogP contribution in [0.5, 0.6) is 0 Å². The van der Waals surface area contributed by atoms with Crippen molar-refractivity contribution in [3.8, 4) is 0 Å². The SMILES string of the molecule is COCCCNC(=S)N1CCN(S(=O)(=O)c2ccc([N+](=O)[O-])cc2)CC1. The summed E-state index contributed by atoms with van der Waals surface area (Å²) >= 11 is 5.33. The summed E-state index contributed by atoms with van der Waals surface area (Å²) in [5.74, 6) is 0. The molecule has 0 atom stereocenters. The molecule has 0 spiro atoms. The third-order valence-corrected chi connectivity index (χ3v) is 6.33. The fourth-order valence-electron chi connectivity index (χ4n) is 2.54. The van der Waals surface area contributed by atoms with E-state index in [1.807, 2.05) is 4.90 Å². The van der Waals surface area contributed by atoms with Crippen molar-refractivity contribution in [3.05, 3.63) is 34.4 Å². The van der Waals surface area contributed by atoms with E-state index >= 15 is 0 Å². The number of hydrogen-bond acceptors (Lipinski definition) is 6. The Labute approximate surface area is 158 Å². The molecule has 9 nitrogen and oxygen atoms in total. The minimum Gasteiger partial charge on any atom is -0.385 e. The number of piperazine rings is 1. The molecule has 1 fully saturated rings. The van der Waals surface area contributed by atoms with Gasteiger partial charge in [0, 0.05) is 58.6 Å². The van der Waals surface area contributed by atoms with Gasteiger partial charge in [0.05, 0.1) is 9.82 Å². The van der Waals surface area contributed by atoms with Crippen LogP contribution < -0.4 is 5.32 Å². The molecule has 11 heteroatoms. The van der Waals surface area contributed by atoms with Crippen molar-refractivity contribution in [1.82, 2.24) is 14.5 Å². The minimum absolute atomic E-state index is 0.0526. The van der Waals surface area contributed by atoms with Crippen molar-refractivity contribution in [3.63, 3.8) is 0 Å². The average molecular weight is 402 g/mol. The maximum absolute atomic E-state index is 12.7. The third kappa shape index (κ3) is 5.10. The number of sulfonamides is 1. The van der Waals surface area contributed by atoms with Crippen LogP contribution in [0.4, 0.5) is 5.69 Å². The molecule has 1 heterocycles. The Morgan fingerprint density at radius 2 is 1.88 bits per heavy atom. The topological polar surface area (TPSA) is 105 Å². The van der Waals surface area contributed by atoms with Crippen LogP contribution >= 0.6 is 12.2 Å². The third-order valence-electron chi connectivity index (χ3n) is 4.01. The number of nitrogens with zero attached hydrogens (tertiary/aromatic N) is 3. The summed E-state index contributed by atoms with van der Waals surface area (Å²) < 4.78 is 31.7. The molecule has 0 unspecified atom stereocenters. The van der Waals surface area contributed by atoms with E-state index in [2.05, 4.69) is 5.32 Å². The van der Waals surface area contributed by atoms with Gasteiger partial charge in [0.15, 0.2) is 5.11 Å². The highest BCUT2D eigenvalue weighted by molar-refractivity contribution is 7.89. The molecule has 1 aliphatic rings. The van der Waals surface area contributed by atoms with Crippen LogP contribution in [0, 0.1) is 10.1 Å². The van der Waals surface area contributed by atoms with Crippen LogP contribution in [0.1, 0.15) is 6.42 Å². The van der Waals surface area contributed by atoms with Crippen LogP contribution in [0.2, 0.25) is 0 Å². The molecule has 0 amide bonds. The Kier molecular flexibility index (Phi) is 7.26. The van der Waals surface area contributed by atoms with Gasteiger partial charge in [-0.2, -0.15) is 4.31 Å². The molecule has 0 aliphatic carbocycles. The van der Waals surface area contributed by atoms with Crippen LogP contribution in [0.15, 0.2) is 29.2 Å². The smallest absolute Gasteiger partial charge is 0.269 e. The molecule has 1 aromatic rings. The van der Waals surface area contributed by atoms with Gasteiger partial charge in [0.25, 0.3) is 5.69 Å². The summed E-state index contributed by atoms with van der Waals surface area (Å²) in [6.07, 6.45) is 0.838. The maximum atomic E-state index is 12.7. The number of rotatable bonds is 7. The number of methoxy groups -OCH3 is 1. The fraction of sp³-hybridized carbons (Fsp3) is 0.533. The van der Waals surface area contributed by atoms with E-state index in [0.29, 0.717) is 44.4 Å². The van der Waals surface area contributed by atoms with Crippen molar-refractivity contribution in [2.45, 2.75) is 11.3 Å². The lowest BCUT2D eigenvalue weighted by Gasteiger charge is -2.35. The zero-order chi connectivity index (χ0) is 19.2. The van der Waals surface area contributed by atoms with Crippen LogP contribution in [0.25, 0.3) is 0 Å². The zero-order valence-corrected chi connectivity index (χ0v) is 16.1. The highest BCUT2D eigenvalue weighted by atomic mass is 32.2. The van der Waals surface area contributed by atoms with Crippen LogP contribution in [-0.2, 0) is 14.8 Å². The fourth-order valence-corrected chi connectivity index (χ4v) is 4.25. The lowest BCUT2D eigenvalue weighted by molar-refractivity contribution is -0.384. The summed E-state index contributed by atoms with van der Waals surface area (Å²) in [6.45, 7) is 2.94. The summed E-state index contributed by atoms with van der Waals surface area (Å²) in [6, 6.07) is 4.92. The van der Waals surface area contributed by atoms with E-state index in [0.717, 1.165) is 6.42 Å². The van der Waals surface area contributed by atoms with Crippen LogP contribution in [-0.4, -0.2) is 74.1 Å². The summed E-state index contributed by atoms with van der Waals surface area (Å²) in [5.41, 5.74) is -0.140. The Morgan fingerprint density at radius 1 is 1.27 bits per heavy atom. The predicted molar refractivity (Wildman–Crippen MR) is 101 cm³/mol. The molecule has 1 aliphatic heterocycles. The van der Waals surface area contributed by atoms with E-state index in [-0.39, 0.29) is 10.6 Å². The number of nitro benzene ring substituents is 1. The largest absolute Gasteiger partial charge is 0.385 e. The van der Waals surface area contributed by atoms with Crippen molar-refractivity contribution >= 4 is 33.0 Å². The molecule has 0 radical (unpaired) electrons. The highest BCUT2D eigenvalue weighted by Gasteiger charge is 2.29. The van der Waals surface area contributed by atoms with E-state index in [1.54, 1.807) is 7.11 Å². The lowest BCUT2D eigenvalue weighted by Crippen LogP contribution is -2.53. The predicted octanol–water partition coefficient (Wildman–Crippen LogP) is 0.812. The van der Waals surface area contributed by atoms with E-state index in [9.17, 15) is 18.5 Å². The number of hydrogen-bond donors (Lipinski definition) is 1. The Hall–Kier alpha value is -1.82. The summed E-state index contributed by atoms with van der Waals surface area (Å²) in [4.78, 5) is 12.1. The first-order valence-electron chi connectivity index (χ1n) is 8.12. The standard InChI is InChI=1S/C15H22N4O5S2/c1-24-12-2-7-16-15(25)17-8-10-18(11-9-17)26(22,23)14-5-3-13(4-6-14)19(20)21/h3-6H,2,7-12H2,1H3,(H,16,25). The van der Waals surface area contributed by atoms with Gasteiger partial charge in [0.1, 0.15) is 0 Å². The van der Waals surface area contributed by atoms with Gasteiger partial charge in [0.2, 0.25) is 10.0 Å². The normalized spacial score (nSPS) is 15.7. The first-order valence-corrected chi connectivity index (χ1v) is 9.97. The molecule has 1 N–H and O–H groups in total. The van der Waals surface area contributed by atoms with Gasteiger partial charge in [-0.1, -0.05) is 0 Å². The van der Waals surface area contributed by atoms with Crippen molar-refractivity contribution in [2.24, 2.45) is 0 Å². The molecular formula is C15H22N4O5S2. The van der Waals surface area contributed by atoms with E-state index in [1.165, 1.54) is 28.6 Å². The Bertz CT molecular complexity index is 731. The highest BCUT2D eigenvalue weighted by Crippen LogP contribution is 2.20. The average Bonchev–Trinajstić information content (AvgIpc) is 2.65. The second-order valence-corrected chi connectivity index (χ2v) is 8.05. The molecule has 0 aromatic heterocycles. The van der Waals surface area contributed by atoms with Crippen molar-refractivity contribution in [2.75, 3.05) is 46.4 Å². The molecule has 1 saturated heterocycles. The van der Waals surface area contributed by atoms with Gasteiger partial charge >= 0.3 is 0 Å². The van der Waals surface area contributed by atoms with Gasteiger partial charge in [-0.15, -0.1) is 0 Å². The number of thiocarbonyl (C=S) groups is 1. The summed E-state index contributed by atoms with van der Waals surface area (Å²) in [7, 11) is -2.03. The second-order valence-electron chi connectivity index (χ2n) is 5.72. The number of non-ortho nitro benzene ring substituents is 1. The number of nitrogens with one attached hydrogen (secondary N) is 1. The molecule has 26 heavy (non-hydrogen) atoms. The molecule has 0 saturated carbocycles. The summed E-state index contributed by atoms with van der Waals surface area (Å²) in [5, 5.41) is 14.4. The van der Waals surface area contributed by atoms with Crippen molar-refractivity contribution in [1.29, 1.82) is 0 Å². The molecule has 0 bridgehead atoms. The van der Waals surface area contributed by atoms with E-state index in [4.69, 9.17) is 17.0 Å². The zero-order valence-electron chi connectivity index (χ0n) is 14.5. The number of ether oxygens (including phenoxy) is 1. The molecule has 2 rings (SSSR count). The van der Waals surface area contributed by atoms with Gasteiger partial charge in [-0.05, 0) is 30.8 Å². The van der Waals surface area contributed by atoms with Crippen molar-refractivity contribution < 1.29 is 18.1 Å². The first-order chi connectivity index (χ1) is 12.4. The van der Waals surface area contributed by atoms with Gasteiger partial charge in [-0.3, -0.25) is 10.1 Å². The quantitative estimate of drug-likeness (QED) is 0.309. The minimum atomic E-state index is -3.67. The maximum Gasteiger partial charge on any atom is 0.269 e. The first kappa shape index (κ1) is 20.5. The molecule has 1 aromatic carbocycles. The molecule has 144 valence electrons. The van der Waals surface area contributed by atoms with E-state index < -0.39 is 14.9 Å². The second kappa shape index (κ2) is 9.21. The monoisotopic (exact) mass is 402 g/mol. The van der Waals surface area contributed by atoms with Crippen LogP contribution in [0.3, 0.4) is 0 Å². The molecular weight excluding hydrogens is 380 g/mol. The Balaban J connectivity index is 1.91. The van der Waals surface area contributed by atoms with Gasteiger partial charge < -0.3 is 15.0 Å². The number of nitro groups is 1. The Morgan fingerprint density at radius 3 is 2.42 bits per heavy atom. The van der Waals surface area contributed by atoms with Gasteiger partial charge in [-0.25, -0.2) is 8.42 Å². The lowest BCUT2D eigenvalue weighted by atomic mass is 10.3. The number of benzene rings is 1.